The summed E-state index contributed by atoms with van der Waals surface area (Å²) in [5.41, 5.74) is 1.36. The van der Waals surface area contributed by atoms with Crippen molar-refractivity contribution in [3.63, 3.8) is 0 Å². The molecular weight excluding hydrogens is 352 g/mol. The topological polar surface area (TPSA) is 66.0 Å². The van der Waals surface area contributed by atoms with Crippen molar-refractivity contribution in [1.29, 1.82) is 0 Å². The first kappa shape index (κ1) is 22.2. The molecule has 1 aliphatic rings. The van der Waals surface area contributed by atoms with Crippen LogP contribution in [0, 0.1) is 0 Å². The van der Waals surface area contributed by atoms with E-state index >= 15 is 0 Å². The third-order valence-corrected chi connectivity index (χ3v) is 5.15. The predicted octanol–water partition coefficient (Wildman–Crippen LogP) is 2.94. The van der Waals surface area contributed by atoms with Crippen LogP contribution in [-0.4, -0.2) is 55.7 Å². The second-order valence-corrected chi connectivity index (χ2v) is 7.49. The maximum Gasteiger partial charge on any atom is 0.305 e. The van der Waals surface area contributed by atoms with Crippen LogP contribution < -0.4 is 10.6 Å². The Morgan fingerprint density at radius 2 is 2.04 bits per heavy atom. The van der Waals surface area contributed by atoms with Gasteiger partial charge in [-0.1, -0.05) is 36.8 Å². The second-order valence-electron chi connectivity index (χ2n) is 7.49. The lowest BCUT2D eigenvalue weighted by atomic mass is 10.2. The fourth-order valence-electron chi connectivity index (χ4n) is 3.61. The van der Waals surface area contributed by atoms with E-state index in [1.54, 1.807) is 0 Å². The quantitative estimate of drug-likeness (QED) is 0.279. The van der Waals surface area contributed by atoms with E-state index in [1.165, 1.54) is 12.7 Å². The Balaban J connectivity index is 1.75. The number of hydrogen-bond acceptors (Lipinski definition) is 4. The molecule has 0 aromatic heterocycles. The number of unbranched alkanes of at least 4 members (excludes halogenated alkanes) is 2. The van der Waals surface area contributed by atoms with Crippen LogP contribution in [0.5, 0.6) is 0 Å². The molecule has 1 aliphatic heterocycles. The van der Waals surface area contributed by atoms with Crippen LogP contribution in [-0.2, 0) is 16.1 Å². The molecule has 0 amide bonds. The molecule has 1 aromatic carbocycles. The second kappa shape index (κ2) is 12.4. The van der Waals surface area contributed by atoms with Crippen molar-refractivity contribution in [3.8, 4) is 0 Å². The SMILES string of the molecule is CCNC(=NCCCCCC(=O)OC)NC1CC(C)N(Cc2ccccc2)C1. The minimum atomic E-state index is -0.131. The molecule has 1 heterocycles. The van der Waals surface area contributed by atoms with Crippen molar-refractivity contribution in [2.75, 3.05) is 26.7 Å². The van der Waals surface area contributed by atoms with Gasteiger partial charge in [-0.05, 0) is 38.7 Å². The highest BCUT2D eigenvalue weighted by atomic mass is 16.5. The van der Waals surface area contributed by atoms with Gasteiger partial charge in [-0.3, -0.25) is 14.7 Å². The number of esters is 1. The molecule has 0 radical (unpaired) electrons. The minimum absolute atomic E-state index is 0.131. The van der Waals surface area contributed by atoms with Crippen LogP contribution in [0.15, 0.2) is 35.3 Å². The highest BCUT2D eigenvalue weighted by Crippen LogP contribution is 2.20. The predicted molar refractivity (Wildman–Crippen MR) is 114 cm³/mol. The van der Waals surface area contributed by atoms with Crippen LogP contribution in [0.1, 0.15) is 51.5 Å². The van der Waals surface area contributed by atoms with Gasteiger partial charge in [0.1, 0.15) is 0 Å². The Hall–Kier alpha value is -2.08. The molecule has 6 nitrogen and oxygen atoms in total. The van der Waals surface area contributed by atoms with Crippen LogP contribution in [0.25, 0.3) is 0 Å². The number of methoxy groups -OCH3 is 1. The van der Waals surface area contributed by atoms with Crippen molar-refractivity contribution in [3.05, 3.63) is 35.9 Å². The van der Waals surface area contributed by atoms with Crippen molar-refractivity contribution in [2.45, 2.75) is 64.6 Å². The Bertz CT molecular complexity index is 606. The Labute approximate surface area is 169 Å². The Morgan fingerprint density at radius 3 is 2.75 bits per heavy atom. The number of nitrogens with one attached hydrogen (secondary N) is 2. The van der Waals surface area contributed by atoms with E-state index in [4.69, 9.17) is 4.99 Å². The van der Waals surface area contributed by atoms with Gasteiger partial charge in [-0.15, -0.1) is 0 Å². The lowest BCUT2D eigenvalue weighted by molar-refractivity contribution is -0.140. The zero-order chi connectivity index (χ0) is 20.2. The number of benzene rings is 1. The van der Waals surface area contributed by atoms with Crippen molar-refractivity contribution in [2.24, 2.45) is 4.99 Å². The molecule has 1 aromatic rings. The van der Waals surface area contributed by atoms with Crippen LogP contribution >= 0.6 is 0 Å². The fourth-order valence-corrected chi connectivity index (χ4v) is 3.61. The largest absolute Gasteiger partial charge is 0.469 e. The average Bonchev–Trinajstić information content (AvgIpc) is 3.03. The van der Waals surface area contributed by atoms with Gasteiger partial charge in [0, 0.05) is 44.7 Å². The maximum atomic E-state index is 11.1. The Kier molecular flexibility index (Phi) is 9.83. The van der Waals surface area contributed by atoms with E-state index in [0.29, 0.717) is 18.5 Å². The molecular formula is C22H36N4O2. The van der Waals surface area contributed by atoms with E-state index in [0.717, 1.165) is 57.8 Å². The molecule has 156 valence electrons. The third-order valence-electron chi connectivity index (χ3n) is 5.15. The number of rotatable bonds is 10. The summed E-state index contributed by atoms with van der Waals surface area (Å²) in [6, 6.07) is 11.6. The van der Waals surface area contributed by atoms with Gasteiger partial charge in [-0.2, -0.15) is 0 Å². The number of likely N-dealkylation sites (tertiary alicyclic amines) is 1. The summed E-state index contributed by atoms with van der Waals surface area (Å²) in [5, 5.41) is 6.96. The zero-order valence-corrected chi connectivity index (χ0v) is 17.6. The van der Waals surface area contributed by atoms with Crippen molar-refractivity contribution >= 4 is 11.9 Å². The van der Waals surface area contributed by atoms with E-state index in [2.05, 4.69) is 64.4 Å². The van der Waals surface area contributed by atoms with Gasteiger partial charge in [0.15, 0.2) is 5.96 Å². The summed E-state index contributed by atoms with van der Waals surface area (Å²) >= 11 is 0. The number of hydrogen-bond donors (Lipinski definition) is 2. The number of carbonyl (C=O) groups excluding carboxylic acids is 1. The first-order valence-corrected chi connectivity index (χ1v) is 10.5. The lowest BCUT2D eigenvalue weighted by Crippen LogP contribution is -2.44. The molecule has 2 unspecified atom stereocenters. The minimum Gasteiger partial charge on any atom is -0.469 e. The van der Waals surface area contributed by atoms with Crippen LogP contribution in [0.2, 0.25) is 0 Å². The standard InChI is InChI=1S/C22H36N4O2/c1-4-23-22(24-14-10-6-9-13-21(27)28-3)25-20-15-18(2)26(17-20)16-19-11-7-5-8-12-19/h5,7-8,11-12,18,20H,4,6,9-10,13-17H2,1-3H3,(H2,23,24,25). The molecule has 28 heavy (non-hydrogen) atoms. The van der Waals surface area contributed by atoms with Gasteiger partial charge in [0.25, 0.3) is 0 Å². The number of ether oxygens (including phenoxy) is 1. The maximum absolute atomic E-state index is 11.1. The summed E-state index contributed by atoms with van der Waals surface area (Å²) in [6.07, 6.45) is 4.45. The highest BCUT2D eigenvalue weighted by molar-refractivity contribution is 5.80. The zero-order valence-electron chi connectivity index (χ0n) is 17.6. The average molecular weight is 389 g/mol. The Morgan fingerprint density at radius 1 is 1.25 bits per heavy atom. The van der Waals surface area contributed by atoms with Gasteiger partial charge in [0.05, 0.1) is 7.11 Å². The normalized spacial score (nSPS) is 20.2. The highest BCUT2D eigenvalue weighted by Gasteiger charge is 2.29. The van der Waals surface area contributed by atoms with E-state index in [1.807, 2.05) is 0 Å². The molecule has 0 aliphatic carbocycles. The van der Waals surface area contributed by atoms with Crippen LogP contribution in [0.3, 0.4) is 0 Å². The molecule has 2 N–H and O–H groups in total. The molecule has 1 saturated heterocycles. The smallest absolute Gasteiger partial charge is 0.305 e. The monoisotopic (exact) mass is 388 g/mol. The van der Waals surface area contributed by atoms with Gasteiger partial charge in [-0.25, -0.2) is 0 Å². The van der Waals surface area contributed by atoms with Gasteiger partial charge in [0.2, 0.25) is 0 Å². The molecule has 0 spiro atoms. The third kappa shape index (κ3) is 7.89. The molecule has 2 rings (SSSR count). The molecule has 6 heteroatoms. The lowest BCUT2D eigenvalue weighted by Gasteiger charge is -2.21. The first-order valence-electron chi connectivity index (χ1n) is 10.5. The van der Waals surface area contributed by atoms with Crippen molar-refractivity contribution < 1.29 is 9.53 Å². The molecule has 1 fully saturated rings. The van der Waals surface area contributed by atoms with Gasteiger partial charge >= 0.3 is 5.97 Å². The number of guanidine groups is 1. The first-order chi connectivity index (χ1) is 13.6. The van der Waals surface area contributed by atoms with E-state index in [-0.39, 0.29) is 5.97 Å². The van der Waals surface area contributed by atoms with E-state index in [9.17, 15) is 4.79 Å². The molecule has 0 bridgehead atoms. The fraction of sp³-hybridized carbons (Fsp3) is 0.636. The van der Waals surface area contributed by atoms with Crippen molar-refractivity contribution in [1.82, 2.24) is 15.5 Å². The summed E-state index contributed by atoms with van der Waals surface area (Å²) in [5.74, 6) is 0.767. The summed E-state index contributed by atoms with van der Waals surface area (Å²) in [7, 11) is 1.44. The molecule has 2 atom stereocenters. The van der Waals surface area contributed by atoms with E-state index < -0.39 is 0 Å². The summed E-state index contributed by atoms with van der Waals surface area (Å²) < 4.78 is 4.67. The number of carbonyl (C=O) groups is 1. The number of nitrogens with zero attached hydrogens (tertiary/aromatic N) is 2. The molecule has 0 saturated carbocycles. The summed E-state index contributed by atoms with van der Waals surface area (Å²) in [6.45, 7) is 8.03. The van der Waals surface area contributed by atoms with Crippen LogP contribution in [0.4, 0.5) is 0 Å². The summed E-state index contributed by atoms with van der Waals surface area (Å²) in [4.78, 5) is 18.4. The number of aliphatic imine (C=N–C) groups is 1. The van der Waals surface area contributed by atoms with Gasteiger partial charge < -0.3 is 15.4 Å².